The first-order chi connectivity index (χ1) is 9.69. The third-order valence-electron chi connectivity index (χ3n) is 4.20. The fourth-order valence-corrected chi connectivity index (χ4v) is 2.89. The van der Waals surface area contributed by atoms with Gasteiger partial charge in [-0.3, -0.25) is 4.79 Å². The number of nitrogens with one attached hydrogen (secondary N) is 1. The molecule has 0 radical (unpaired) electrons. The van der Waals surface area contributed by atoms with E-state index in [2.05, 4.69) is 5.32 Å². The Labute approximate surface area is 120 Å². The summed E-state index contributed by atoms with van der Waals surface area (Å²) in [4.78, 5) is 12.0. The van der Waals surface area contributed by atoms with E-state index in [0.717, 1.165) is 37.0 Å². The molecule has 1 aromatic carbocycles. The van der Waals surface area contributed by atoms with Crippen molar-refractivity contribution in [3.8, 4) is 5.75 Å². The molecule has 4 heteroatoms. The van der Waals surface area contributed by atoms with E-state index in [0.29, 0.717) is 13.0 Å². The molecule has 0 spiro atoms. The second-order valence-electron chi connectivity index (χ2n) is 5.63. The Hall–Kier alpha value is -1.55. The van der Waals surface area contributed by atoms with Crippen LogP contribution in [0.5, 0.6) is 5.75 Å². The first-order valence-electron chi connectivity index (χ1n) is 7.18. The number of hydrogen-bond donors (Lipinski definition) is 2. The number of benzene rings is 1. The fourth-order valence-electron chi connectivity index (χ4n) is 2.89. The standard InChI is InChI=1S/C16H23NO3/c1-20-14-7-3-2-6-13(14)10-15(19)17-11-16(12-18)8-4-5-9-16/h2-3,6-7,18H,4-5,8-12H2,1H3,(H,17,19). The number of para-hydroxylation sites is 1. The third kappa shape index (κ3) is 3.51. The predicted molar refractivity (Wildman–Crippen MR) is 77.7 cm³/mol. The summed E-state index contributed by atoms with van der Waals surface area (Å²) >= 11 is 0. The number of carbonyl (C=O) groups excluding carboxylic acids is 1. The quantitative estimate of drug-likeness (QED) is 0.835. The minimum atomic E-state index is -0.101. The summed E-state index contributed by atoms with van der Waals surface area (Å²) in [7, 11) is 1.61. The van der Waals surface area contributed by atoms with Gasteiger partial charge in [0, 0.05) is 17.5 Å². The van der Waals surface area contributed by atoms with Crippen LogP contribution in [0, 0.1) is 5.41 Å². The molecule has 20 heavy (non-hydrogen) atoms. The number of amides is 1. The highest BCUT2D eigenvalue weighted by molar-refractivity contribution is 5.79. The van der Waals surface area contributed by atoms with Crippen molar-refractivity contribution in [3.63, 3.8) is 0 Å². The molecule has 0 bridgehead atoms. The lowest BCUT2D eigenvalue weighted by Crippen LogP contribution is -2.38. The topological polar surface area (TPSA) is 58.6 Å². The van der Waals surface area contributed by atoms with Crippen molar-refractivity contribution in [2.75, 3.05) is 20.3 Å². The number of aliphatic hydroxyl groups excluding tert-OH is 1. The molecule has 0 heterocycles. The average molecular weight is 277 g/mol. The Kier molecular flexibility index (Phi) is 5.01. The SMILES string of the molecule is COc1ccccc1CC(=O)NCC1(CO)CCCC1. The normalized spacial score (nSPS) is 16.9. The van der Waals surface area contributed by atoms with Gasteiger partial charge in [-0.05, 0) is 18.9 Å². The van der Waals surface area contributed by atoms with Crippen LogP contribution in [0.1, 0.15) is 31.2 Å². The summed E-state index contributed by atoms with van der Waals surface area (Å²) in [5, 5.41) is 12.5. The van der Waals surface area contributed by atoms with Crippen LogP contribution in [0.15, 0.2) is 24.3 Å². The van der Waals surface area contributed by atoms with E-state index >= 15 is 0 Å². The molecule has 1 aliphatic rings. The average Bonchev–Trinajstić information content (AvgIpc) is 2.95. The molecular weight excluding hydrogens is 254 g/mol. The van der Waals surface area contributed by atoms with E-state index in [-0.39, 0.29) is 17.9 Å². The first kappa shape index (κ1) is 14.9. The zero-order chi connectivity index (χ0) is 14.4. The molecule has 110 valence electrons. The van der Waals surface area contributed by atoms with E-state index in [1.54, 1.807) is 7.11 Å². The van der Waals surface area contributed by atoms with E-state index in [1.165, 1.54) is 0 Å². The molecule has 0 aromatic heterocycles. The van der Waals surface area contributed by atoms with Crippen molar-refractivity contribution in [1.82, 2.24) is 5.32 Å². The molecule has 1 saturated carbocycles. The van der Waals surface area contributed by atoms with Crippen LogP contribution in [0.2, 0.25) is 0 Å². The maximum absolute atomic E-state index is 12.0. The van der Waals surface area contributed by atoms with Crippen molar-refractivity contribution in [2.24, 2.45) is 5.41 Å². The minimum Gasteiger partial charge on any atom is -0.496 e. The smallest absolute Gasteiger partial charge is 0.224 e. The largest absolute Gasteiger partial charge is 0.496 e. The number of ether oxygens (including phenoxy) is 1. The lowest BCUT2D eigenvalue weighted by atomic mass is 9.87. The molecule has 2 rings (SSSR count). The molecule has 1 aromatic rings. The number of carbonyl (C=O) groups is 1. The molecule has 2 N–H and O–H groups in total. The van der Waals surface area contributed by atoms with E-state index in [9.17, 15) is 9.90 Å². The number of hydrogen-bond acceptors (Lipinski definition) is 3. The molecule has 4 nitrogen and oxygen atoms in total. The Morgan fingerprint density at radius 2 is 2.05 bits per heavy atom. The minimum absolute atomic E-state index is 0.0192. The second kappa shape index (κ2) is 6.75. The highest BCUT2D eigenvalue weighted by Crippen LogP contribution is 2.36. The van der Waals surface area contributed by atoms with Crippen molar-refractivity contribution in [3.05, 3.63) is 29.8 Å². The van der Waals surface area contributed by atoms with Crippen molar-refractivity contribution in [1.29, 1.82) is 0 Å². The summed E-state index contributed by atoms with van der Waals surface area (Å²) in [5.41, 5.74) is 0.785. The van der Waals surface area contributed by atoms with E-state index < -0.39 is 0 Å². The van der Waals surface area contributed by atoms with Gasteiger partial charge >= 0.3 is 0 Å². The van der Waals surface area contributed by atoms with Crippen molar-refractivity contribution in [2.45, 2.75) is 32.1 Å². The van der Waals surface area contributed by atoms with Gasteiger partial charge in [-0.25, -0.2) is 0 Å². The Balaban J connectivity index is 1.89. The van der Waals surface area contributed by atoms with Crippen LogP contribution in [0.25, 0.3) is 0 Å². The highest BCUT2D eigenvalue weighted by atomic mass is 16.5. The summed E-state index contributed by atoms with van der Waals surface area (Å²) in [6, 6.07) is 7.54. The van der Waals surface area contributed by atoms with E-state index in [1.807, 2.05) is 24.3 Å². The van der Waals surface area contributed by atoms with Crippen LogP contribution in [-0.4, -0.2) is 31.3 Å². The van der Waals surface area contributed by atoms with Crippen LogP contribution in [0.3, 0.4) is 0 Å². The van der Waals surface area contributed by atoms with Gasteiger partial charge in [0.05, 0.1) is 20.1 Å². The third-order valence-corrected chi connectivity index (χ3v) is 4.20. The molecule has 1 fully saturated rings. The molecular formula is C16H23NO3. The zero-order valence-corrected chi connectivity index (χ0v) is 12.0. The Morgan fingerprint density at radius 3 is 2.70 bits per heavy atom. The molecule has 0 atom stereocenters. The molecule has 0 unspecified atom stereocenters. The highest BCUT2D eigenvalue weighted by Gasteiger charge is 2.33. The van der Waals surface area contributed by atoms with E-state index in [4.69, 9.17) is 4.74 Å². The zero-order valence-electron chi connectivity index (χ0n) is 12.0. The lowest BCUT2D eigenvalue weighted by molar-refractivity contribution is -0.121. The van der Waals surface area contributed by atoms with Gasteiger partial charge in [0.25, 0.3) is 0 Å². The molecule has 0 saturated heterocycles. The predicted octanol–water partition coefficient (Wildman–Crippen LogP) is 1.91. The summed E-state index contributed by atoms with van der Waals surface area (Å²) in [6.45, 7) is 0.722. The van der Waals surface area contributed by atoms with Gasteiger partial charge in [0.1, 0.15) is 5.75 Å². The maximum Gasteiger partial charge on any atom is 0.224 e. The summed E-state index contributed by atoms with van der Waals surface area (Å²) in [6.07, 6.45) is 4.59. The second-order valence-corrected chi connectivity index (χ2v) is 5.63. The van der Waals surface area contributed by atoms with Gasteiger partial charge in [-0.1, -0.05) is 31.0 Å². The number of rotatable bonds is 6. The molecule has 1 amide bonds. The van der Waals surface area contributed by atoms with Crippen LogP contribution < -0.4 is 10.1 Å². The van der Waals surface area contributed by atoms with Crippen LogP contribution >= 0.6 is 0 Å². The van der Waals surface area contributed by atoms with Gasteiger partial charge < -0.3 is 15.2 Å². The van der Waals surface area contributed by atoms with Crippen LogP contribution in [-0.2, 0) is 11.2 Å². The van der Waals surface area contributed by atoms with Gasteiger partial charge in [0.15, 0.2) is 0 Å². The molecule has 0 aliphatic heterocycles. The number of methoxy groups -OCH3 is 1. The Bertz CT molecular complexity index is 453. The summed E-state index contributed by atoms with van der Waals surface area (Å²) < 4.78 is 5.25. The Morgan fingerprint density at radius 1 is 1.35 bits per heavy atom. The summed E-state index contributed by atoms with van der Waals surface area (Å²) in [5.74, 6) is 0.717. The fraction of sp³-hybridized carbons (Fsp3) is 0.562. The van der Waals surface area contributed by atoms with Gasteiger partial charge in [-0.15, -0.1) is 0 Å². The first-order valence-corrected chi connectivity index (χ1v) is 7.18. The van der Waals surface area contributed by atoms with Crippen LogP contribution in [0.4, 0.5) is 0 Å². The number of aliphatic hydroxyl groups is 1. The lowest BCUT2D eigenvalue weighted by Gasteiger charge is -2.26. The van der Waals surface area contributed by atoms with Crippen molar-refractivity contribution < 1.29 is 14.6 Å². The van der Waals surface area contributed by atoms with Crippen molar-refractivity contribution >= 4 is 5.91 Å². The molecule has 1 aliphatic carbocycles. The maximum atomic E-state index is 12.0. The van der Waals surface area contributed by atoms with Gasteiger partial charge in [-0.2, -0.15) is 0 Å². The van der Waals surface area contributed by atoms with Gasteiger partial charge in [0.2, 0.25) is 5.91 Å². The monoisotopic (exact) mass is 277 g/mol.